The van der Waals surface area contributed by atoms with Crippen molar-refractivity contribution in [2.75, 3.05) is 14.7 Å². The predicted octanol–water partition coefficient (Wildman–Crippen LogP) is 17.7. The second-order valence-corrected chi connectivity index (χ2v) is 27.5. The third kappa shape index (κ3) is 7.11. The average molecular weight is 986 g/mol. The Balaban J connectivity index is 1.15. The fourth-order valence-electron chi connectivity index (χ4n) is 14.5. The zero-order valence-electron chi connectivity index (χ0n) is 46.1. The first kappa shape index (κ1) is 47.4. The monoisotopic (exact) mass is 986 g/mol. The normalized spacial score (nSPS) is 18.4. The van der Waals surface area contributed by atoms with E-state index in [1.54, 1.807) is 0 Å². The second kappa shape index (κ2) is 16.1. The molecular formula is C69H72BN3S. The molecule has 0 bridgehead atoms. The average Bonchev–Trinajstić information content (AvgIpc) is 3.82. The quantitative estimate of drug-likeness (QED) is 0.159. The zero-order valence-corrected chi connectivity index (χ0v) is 47.0. The molecule has 0 amide bonds. The summed E-state index contributed by atoms with van der Waals surface area (Å²) in [4.78, 5) is 7.90. The Bertz CT molecular complexity index is 3740. The molecule has 5 heteroatoms. The third-order valence-corrected chi connectivity index (χ3v) is 19.3. The van der Waals surface area contributed by atoms with Gasteiger partial charge in [0.05, 0.1) is 0 Å². The molecule has 0 saturated heterocycles. The first-order chi connectivity index (χ1) is 35.1. The Kier molecular flexibility index (Phi) is 10.3. The summed E-state index contributed by atoms with van der Waals surface area (Å²) < 4.78 is 2.72. The van der Waals surface area contributed by atoms with Crippen LogP contribution in [0.15, 0.2) is 145 Å². The van der Waals surface area contributed by atoms with Gasteiger partial charge in [-0.1, -0.05) is 143 Å². The number of benzene rings is 7. The van der Waals surface area contributed by atoms with E-state index in [9.17, 15) is 0 Å². The van der Waals surface area contributed by atoms with Crippen LogP contribution in [-0.4, -0.2) is 6.71 Å². The molecule has 2 aliphatic heterocycles. The molecule has 13 rings (SSSR count). The van der Waals surface area contributed by atoms with Crippen LogP contribution in [0.2, 0.25) is 0 Å². The molecule has 5 aliphatic rings. The van der Waals surface area contributed by atoms with Crippen molar-refractivity contribution in [3.05, 3.63) is 184 Å². The number of hydrogen-bond acceptors (Lipinski definition) is 4. The maximum atomic E-state index is 2.74. The van der Waals surface area contributed by atoms with Crippen LogP contribution in [0.25, 0.3) is 20.2 Å². The summed E-state index contributed by atoms with van der Waals surface area (Å²) >= 11 is 1.95. The number of fused-ring (bicyclic) bond motifs is 9. The van der Waals surface area contributed by atoms with Crippen LogP contribution in [-0.2, 0) is 27.1 Å². The fourth-order valence-corrected chi connectivity index (χ4v) is 15.9. The van der Waals surface area contributed by atoms with E-state index in [0.29, 0.717) is 0 Å². The third-order valence-electron chi connectivity index (χ3n) is 18.1. The minimum atomic E-state index is -0.100. The van der Waals surface area contributed by atoms with Crippen LogP contribution in [0.1, 0.15) is 147 Å². The van der Waals surface area contributed by atoms with Gasteiger partial charge in [0.2, 0.25) is 0 Å². The van der Waals surface area contributed by atoms with Crippen molar-refractivity contribution in [3.63, 3.8) is 0 Å². The maximum Gasteiger partial charge on any atom is 0.252 e. The lowest BCUT2D eigenvalue weighted by molar-refractivity contribution is 0.332. The van der Waals surface area contributed by atoms with Crippen LogP contribution in [0, 0.1) is 13.8 Å². The van der Waals surface area contributed by atoms with Crippen LogP contribution in [0.3, 0.4) is 0 Å². The highest BCUT2D eigenvalue weighted by Gasteiger charge is 2.49. The number of allylic oxidation sites excluding steroid dienone is 3. The lowest BCUT2D eigenvalue weighted by Crippen LogP contribution is -2.61. The minimum Gasteiger partial charge on any atom is -0.311 e. The van der Waals surface area contributed by atoms with Gasteiger partial charge < -0.3 is 14.7 Å². The lowest BCUT2D eigenvalue weighted by atomic mass is 9.33. The molecule has 0 saturated carbocycles. The van der Waals surface area contributed by atoms with E-state index in [1.165, 1.54) is 134 Å². The number of thiophene rings is 1. The molecule has 372 valence electrons. The molecule has 0 radical (unpaired) electrons. The van der Waals surface area contributed by atoms with E-state index < -0.39 is 0 Å². The van der Waals surface area contributed by atoms with Gasteiger partial charge in [-0.15, -0.1) is 11.3 Å². The molecule has 74 heavy (non-hydrogen) atoms. The summed E-state index contributed by atoms with van der Waals surface area (Å²) in [7, 11) is 0. The number of hydrogen-bond donors (Lipinski definition) is 0. The molecule has 3 nitrogen and oxygen atoms in total. The van der Waals surface area contributed by atoms with Crippen molar-refractivity contribution in [2.24, 2.45) is 0 Å². The molecule has 7 aromatic carbocycles. The number of para-hydroxylation sites is 1. The van der Waals surface area contributed by atoms with Gasteiger partial charge in [0.15, 0.2) is 0 Å². The summed E-state index contributed by atoms with van der Waals surface area (Å²) in [6.45, 7) is 31.7. The number of anilines is 8. The zero-order chi connectivity index (χ0) is 51.6. The number of aryl methyl sites for hydroxylation is 2. The van der Waals surface area contributed by atoms with Gasteiger partial charge in [-0.3, -0.25) is 0 Å². The van der Waals surface area contributed by atoms with Gasteiger partial charge in [0, 0.05) is 71.4 Å². The van der Waals surface area contributed by atoms with E-state index in [2.05, 4.69) is 244 Å². The summed E-state index contributed by atoms with van der Waals surface area (Å²) in [5.41, 5.74) is 25.5. The van der Waals surface area contributed by atoms with E-state index in [4.69, 9.17) is 0 Å². The van der Waals surface area contributed by atoms with E-state index in [-0.39, 0.29) is 33.8 Å². The molecule has 0 N–H and O–H groups in total. The van der Waals surface area contributed by atoms with E-state index in [1.807, 2.05) is 11.3 Å². The molecule has 0 unspecified atom stereocenters. The summed E-state index contributed by atoms with van der Waals surface area (Å²) in [5, 5.41) is 2.66. The SMILES string of the molecule is Cc1cc2c3c(c1)N(c1cc4c(cc1C)C(C)(C)CCC4(C)C)c1cc4c(cc1B3c1ccc(N(C3=CCCC=C3)c3ccccc3)cc1N2c1cc(C(C)(C)C)c2sc3ccccc3c2c1)C(C)(C)CC4(C)C. The summed E-state index contributed by atoms with van der Waals surface area (Å²) in [5.74, 6) is 0. The lowest BCUT2D eigenvalue weighted by Gasteiger charge is -2.47. The van der Waals surface area contributed by atoms with Crippen molar-refractivity contribution in [2.45, 2.75) is 149 Å². The number of rotatable bonds is 5. The van der Waals surface area contributed by atoms with Crippen LogP contribution in [0.5, 0.6) is 0 Å². The maximum absolute atomic E-state index is 2.74. The summed E-state index contributed by atoms with van der Waals surface area (Å²) in [6.07, 6.45) is 12.7. The van der Waals surface area contributed by atoms with Gasteiger partial charge >= 0.3 is 0 Å². The van der Waals surface area contributed by atoms with Crippen molar-refractivity contribution in [1.82, 2.24) is 0 Å². The van der Waals surface area contributed by atoms with E-state index in [0.717, 1.165) is 24.9 Å². The van der Waals surface area contributed by atoms with Gasteiger partial charge in [-0.25, -0.2) is 0 Å². The Hall–Kier alpha value is -6.30. The van der Waals surface area contributed by atoms with Gasteiger partial charge in [-0.05, 0) is 201 Å². The second-order valence-electron chi connectivity index (χ2n) is 26.4. The Morgan fingerprint density at radius 1 is 0.554 bits per heavy atom. The first-order valence-electron chi connectivity index (χ1n) is 27.5. The number of nitrogens with zero attached hydrogens (tertiary/aromatic N) is 3. The molecule has 3 aliphatic carbocycles. The largest absolute Gasteiger partial charge is 0.311 e. The molecule has 3 heterocycles. The molecule has 1 aromatic heterocycles. The highest BCUT2D eigenvalue weighted by Crippen LogP contribution is 2.55. The van der Waals surface area contributed by atoms with Crippen molar-refractivity contribution < 1.29 is 0 Å². The van der Waals surface area contributed by atoms with Crippen molar-refractivity contribution in [3.8, 4) is 0 Å². The van der Waals surface area contributed by atoms with Gasteiger partial charge in [0.1, 0.15) is 0 Å². The summed E-state index contributed by atoms with van der Waals surface area (Å²) in [6, 6.07) is 48.2. The molecule has 0 fully saturated rings. The Morgan fingerprint density at radius 2 is 1.19 bits per heavy atom. The van der Waals surface area contributed by atoms with Gasteiger partial charge in [-0.2, -0.15) is 0 Å². The van der Waals surface area contributed by atoms with Crippen LogP contribution < -0.4 is 31.1 Å². The highest BCUT2D eigenvalue weighted by atomic mass is 32.1. The first-order valence-corrected chi connectivity index (χ1v) is 28.3. The van der Waals surface area contributed by atoms with E-state index >= 15 is 0 Å². The molecular weight excluding hydrogens is 914 g/mol. The van der Waals surface area contributed by atoms with Gasteiger partial charge in [0.25, 0.3) is 6.71 Å². The minimum absolute atomic E-state index is 0.00275. The Labute approximate surface area is 445 Å². The smallest absolute Gasteiger partial charge is 0.252 e. The molecule has 0 atom stereocenters. The van der Waals surface area contributed by atoms with Crippen LogP contribution >= 0.6 is 11.3 Å². The van der Waals surface area contributed by atoms with Crippen LogP contribution in [0.4, 0.5) is 45.5 Å². The topological polar surface area (TPSA) is 9.72 Å². The Morgan fingerprint density at radius 3 is 1.89 bits per heavy atom. The standard InChI is InChI=1S/C69H72BN3S/c1-42-32-60-63-61(33-42)73(57-39-52-50(34-43(57)2)66(6,7)30-31-67(52,8)9)59-40-53-51(68(10,11)41-69(53,12)13)38-56(59)70(63)55-29-28-46(71(44-22-16-14-17-23-44)45-24-18-15-19-25-45)37-58(55)72(60)47-35-49-48-26-20-21-27-62(48)74-64(49)54(36-47)65(3,4)5/h14,16-18,20-29,32-40H,15,19,30-31,41H2,1-13H3. The molecule has 0 spiro atoms. The predicted molar refractivity (Wildman–Crippen MR) is 323 cm³/mol. The fraction of sp³-hybridized carbons (Fsp3) is 0.333. The highest BCUT2D eigenvalue weighted by molar-refractivity contribution is 7.26. The van der Waals surface area contributed by atoms with Crippen molar-refractivity contribution in [1.29, 1.82) is 0 Å². The van der Waals surface area contributed by atoms with Crippen molar-refractivity contribution >= 4 is 100 Å². The molecule has 8 aromatic rings.